The largest absolute Gasteiger partial charge is 0.484 e. The Labute approximate surface area is 156 Å². The molecule has 2 aromatic rings. The number of ether oxygens (including phenoxy) is 1. The number of amides is 2. The Kier molecular flexibility index (Phi) is 6.67. The van der Waals surface area contributed by atoms with Crippen LogP contribution in [0, 0.1) is 11.3 Å². The molecule has 0 bridgehead atoms. The Morgan fingerprint density at radius 1 is 1.04 bits per heavy atom. The number of carbonyl (C=O) groups is 2. The van der Waals surface area contributed by atoms with Crippen molar-refractivity contribution in [3.8, 4) is 11.8 Å². The van der Waals surface area contributed by atoms with Crippen molar-refractivity contribution in [1.29, 1.82) is 5.26 Å². The van der Waals surface area contributed by atoms with Crippen molar-refractivity contribution in [2.24, 2.45) is 0 Å². The lowest BCUT2D eigenvalue weighted by Gasteiger charge is -2.09. The van der Waals surface area contributed by atoms with Gasteiger partial charge in [0.15, 0.2) is 6.61 Å². The molecule has 0 aliphatic carbocycles. The van der Waals surface area contributed by atoms with E-state index >= 15 is 0 Å². The first-order valence-corrected chi connectivity index (χ1v) is 8.16. The van der Waals surface area contributed by atoms with Gasteiger partial charge in [-0.2, -0.15) is 18.4 Å². The fourth-order valence-electron chi connectivity index (χ4n) is 1.82. The third-order valence-electron chi connectivity index (χ3n) is 3.02. The minimum Gasteiger partial charge on any atom is -0.484 e. The quantitative estimate of drug-likeness (QED) is 0.600. The fraction of sp³-hybridized carbons (Fsp3) is 0.118. The Bertz CT molecular complexity index is 847. The maximum absolute atomic E-state index is 12.3. The van der Waals surface area contributed by atoms with Crippen LogP contribution in [-0.2, 0) is 4.79 Å². The average molecular weight is 395 g/mol. The van der Waals surface area contributed by atoms with Crippen LogP contribution in [0.2, 0.25) is 0 Å². The SMILES string of the molecule is N#Cc1ccc(OCC(=O)NNC(=O)c2ccc(SC(F)(F)F)cc2)cc1. The zero-order valence-electron chi connectivity index (χ0n) is 13.5. The number of nitriles is 1. The summed E-state index contributed by atoms with van der Waals surface area (Å²) >= 11 is -0.290. The summed E-state index contributed by atoms with van der Waals surface area (Å²) in [5.41, 5.74) is 0.368. The van der Waals surface area contributed by atoms with Gasteiger partial charge in [-0.05, 0) is 60.3 Å². The molecule has 0 aliphatic heterocycles. The summed E-state index contributed by atoms with van der Waals surface area (Å²) < 4.78 is 41.9. The summed E-state index contributed by atoms with van der Waals surface area (Å²) in [4.78, 5) is 23.5. The van der Waals surface area contributed by atoms with E-state index in [4.69, 9.17) is 10.00 Å². The number of hydrazine groups is 1. The molecule has 0 radical (unpaired) electrons. The summed E-state index contributed by atoms with van der Waals surface area (Å²) in [6.07, 6.45) is 0. The summed E-state index contributed by atoms with van der Waals surface area (Å²) in [7, 11) is 0. The number of benzene rings is 2. The molecule has 6 nitrogen and oxygen atoms in total. The number of rotatable bonds is 5. The summed E-state index contributed by atoms with van der Waals surface area (Å²) in [5.74, 6) is -0.963. The van der Waals surface area contributed by atoms with Crippen molar-refractivity contribution in [3.63, 3.8) is 0 Å². The lowest BCUT2D eigenvalue weighted by Crippen LogP contribution is -2.43. The van der Waals surface area contributed by atoms with Crippen LogP contribution >= 0.6 is 11.8 Å². The Morgan fingerprint density at radius 3 is 2.22 bits per heavy atom. The van der Waals surface area contributed by atoms with E-state index in [1.807, 2.05) is 6.07 Å². The van der Waals surface area contributed by atoms with E-state index in [9.17, 15) is 22.8 Å². The van der Waals surface area contributed by atoms with Crippen LogP contribution in [0.4, 0.5) is 13.2 Å². The van der Waals surface area contributed by atoms with Crippen molar-refractivity contribution in [1.82, 2.24) is 10.9 Å². The summed E-state index contributed by atoms with van der Waals surface area (Å²) in [6.45, 7) is -0.382. The van der Waals surface area contributed by atoms with Crippen molar-refractivity contribution in [2.75, 3.05) is 6.61 Å². The van der Waals surface area contributed by atoms with Crippen LogP contribution in [0.25, 0.3) is 0 Å². The molecule has 27 heavy (non-hydrogen) atoms. The number of thioether (sulfide) groups is 1. The Morgan fingerprint density at radius 2 is 1.67 bits per heavy atom. The molecule has 0 heterocycles. The molecule has 0 aliphatic rings. The van der Waals surface area contributed by atoms with Crippen molar-refractivity contribution in [2.45, 2.75) is 10.4 Å². The van der Waals surface area contributed by atoms with E-state index in [-0.39, 0.29) is 28.8 Å². The van der Waals surface area contributed by atoms with Gasteiger partial charge in [-0.15, -0.1) is 0 Å². The minimum atomic E-state index is -4.41. The topological polar surface area (TPSA) is 91.2 Å². The monoisotopic (exact) mass is 395 g/mol. The van der Waals surface area contributed by atoms with Crippen LogP contribution in [0.5, 0.6) is 5.75 Å². The predicted molar refractivity (Wildman–Crippen MR) is 90.6 cm³/mol. The van der Waals surface area contributed by atoms with Gasteiger partial charge in [0.05, 0.1) is 11.6 Å². The second kappa shape index (κ2) is 8.95. The van der Waals surface area contributed by atoms with Gasteiger partial charge in [0.1, 0.15) is 5.75 Å². The van der Waals surface area contributed by atoms with E-state index in [1.165, 1.54) is 36.4 Å². The van der Waals surface area contributed by atoms with E-state index < -0.39 is 17.3 Å². The minimum absolute atomic E-state index is 0.0566. The maximum Gasteiger partial charge on any atom is 0.446 e. The molecule has 0 spiro atoms. The highest BCUT2D eigenvalue weighted by atomic mass is 32.2. The zero-order chi connectivity index (χ0) is 19.9. The molecule has 2 amide bonds. The van der Waals surface area contributed by atoms with Gasteiger partial charge in [-0.3, -0.25) is 20.4 Å². The average Bonchev–Trinajstić information content (AvgIpc) is 2.64. The number of halogens is 3. The first-order valence-electron chi connectivity index (χ1n) is 7.35. The molecular formula is C17H12F3N3O3S. The van der Waals surface area contributed by atoms with Crippen LogP contribution in [0.15, 0.2) is 53.4 Å². The van der Waals surface area contributed by atoms with E-state index in [2.05, 4.69) is 10.9 Å². The van der Waals surface area contributed by atoms with E-state index in [1.54, 1.807) is 0 Å². The lowest BCUT2D eigenvalue weighted by molar-refractivity contribution is -0.123. The first-order chi connectivity index (χ1) is 12.8. The number of hydrogen-bond acceptors (Lipinski definition) is 5. The second-order valence-corrected chi connectivity index (χ2v) is 6.14. The van der Waals surface area contributed by atoms with Gasteiger partial charge < -0.3 is 4.74 Å². The number of carbonyl (C=O) groups excluding carboxylic acids is 2. The van der Waals surface area contributed by atoms with Gasteiger partial charge in [0.25, 0.3) is 11.8 Å². The van der Waals surface area contributed by atoms with E-state index in [0.29, 0.717) is 11.3 Å². The zero-order valence-corrected chi connectivity index (χ0v) is 14.4. The van der Waals surface area contributed by atoms with Gasteiger partial charge >= 0.3 is 5.51 Å². The molecule has 0 aromatic heterocycles. The molecule has 0 saturated carbocycles. The Hall–Kier alpha value is -3.19. The third kappa shape index (κ3) is 6.91. The van der Waals surface area contributed by atoms with Crippen LogP contribution in [0.1, 0.15) is 15.9 Å². The van der Waals surface area contributed by atoms with Crippen LogP contribution in [-0.4, -0.2) is 23.9 Å². The lowest BCUT2D eigenvalue weighted by atomic mass is 10.2. The fourth-order valence-corrected chi connectivity index (χ4v) is 2.36. The predicted octanol–water partition coefficient (Wildman–Crippen LogP) is 3.01. The molecule has 2 aromatic carbocycles. The van der Waals surface area contributed by atoms with Gasteiger partial charge in [0, 0.05) is 10.5 Å². The highest BCUT2D eigenvalue weighted by molar-refractivity contribution is 8.00. The van der Waals surface area contributed by atoms with Crippen LogP contribution < -0.4 is 15.6 Å². The molecular weight excluding hydrogens is 383 g/mol. The molecule has 140 valence electrons. The molecule has 0 fully saturated rings. The Balaban J connectivity index is 1.78. The number of alkyl halides is 3. The molecule has 0 atom stereocenters. The van der Waals surface area contributed by atoms with E-state index in [0.717, 1.165) is 12.1 Å². The highest BCUT2D eigenvalue weighted by Gasteiger charge is 2.29. The molecule has 2 rings (SSSR count). The highest BCUT2D eigenvalue weighted by Crippen LogP contribution is 2.36. The summed E-state index contributed by atoms with van der Waals surface area (Å²) in [6, 6.07) is 12.8. The normalized spacial score (nSPS) is 10.6. The molecule has 0 unspecified atom stereocenters. The van der Waals surface area contributed by atoms with Crippen molar-refractivity contribution >= 4 is 23.6 Å². The molecule has 10 heteroatoms. The summed E-state index contributed by atoms with van der Waals surface area (Å²) in [5, 5.41) is 8.68. The number of nitrogens with zero attached hydrogens (tertiary/aromatic N) is 1. The first kappa shape index (κ1) is 20.1. The van der Waals surface area contributed by atoms with Crippen LogP contribution in [0.3, 0.4) is 0 Å². The third-order valence-corrected chi connectivity index (χ3v) is 3.76. The number of nitrogens with one attached hydrogen (secondary N) is 2. The van der Waals surface area contributed by atoms with Gasteiger partial charge in [-0.1, -0.05) is 0 Å². The number of hydrogen-bond donors (Lipinski definition) is 2. The van der Waals surface area contributed by atoms with Gasteiger partial charge in [-0.25, -0.2) is 0 Å². The maximum atomic E-state index is 12.3. The standard InChI is InChI=1S/C17H12F3N3O3S/c18-17(19,20)27-14-7-3-12(4-8-14)16(25)23-22-15(24)10-26-13-5-1-11(9-21)2-6-13/h1-8H,10H2,(H,22,24)(H,23,25). The van der Waals surface area contributed by atoms with Crippen molar-refractivity contribution < 1.29 is 27.5 Å². The van der Waals surface area contributed by atoms with Crippen molar-refractivity contribution in [3.05, 3.63) is 59.7 Å². The molecule has 0 saturated heterocycles. The molecule has 2 N–H and O–H groups in total. The second-order valence-electron chi connectivity index (χ2n) is 5.00. The van der Waals surface area contributed by atoms with Gasteiger partial charge in [0.2, 0.25) is 0 Å². The smallest absolute Gasteiger partial charge is 0.446 e.